The van der Waals surface area contributed by atoms with E-state index in [1.165, 1.54) is 12.5 Å². The Morgan fingerprint density at radius 2 is 2.10 bits per heavy atom. The molecule has 0 bridgehead atoms. The summed E-state index contributed by atoms with van der Waals surface area (Å²) in [5.41, 5.74) is 3.19. The number of rotatable bonds is 4. The molecule has 1 fully saturated rings. The van der Waals surface area contributed by atoms with Crippen LogP contribution in [0.2, 0.25) is 5.02 Å². The van der Waals surface area contributed by atoms with Crippen LogP contribution in [0.5, 0.6) is 5.88 Å². The van der Waals surface area contributed by atoms with Gasteiger partial charge in [0.05, 0.1) is 36.4 Å². The lowest BCUT2D eigenvalue weighted by molar-refractivity contribution is 0.134. The van der Waals surface area contributed by atoms with E-state index in [9.17, 15) is 9.18 Å². The van der Waals surface area contributed by atoms with Gasteiger partial charge in [0.15, 0.2) is 12.3 Å². The zero-order valence-electron chi connectivity index (χ0n) is 16.1. The fraction of sp³-hybridized carbons (Fsp3) is 0.389. The first-order chi connectivity index (χ1) is 13.8. The Morgan fingerprint density at radius 3 is 2.83 bits per heavy atom. The SMILES string of the molecule is Cc1nn(C)c(C)c1-c1cc(O[C@H]2CN(c3cn[nH]c(=O)c3Cl)C[C@@H]2F)ncn1. The predicted molar refractivity (Wildman–Crippen MR) is 105 cm³/mol. The van der Waals surface area contributed by atoms with Crippen molar-refractivity contribution in [1.82, 2.24) is 29.9 Å². The van der Waals surface area contributed by atoms with Gasteiger partial charge in [0.25, 0.3) is 5.56 Å². The number of aromatic nitrogens is 6. The summed E-state index contributed by atoms with van der Waals surface area (Å²) in [4.78, 5) is 21.7. The molecule has 29 heavy (non-hydrogen) atoms. The van der Waals surface area contributed by atoms with Crippen molar-refractivity contribution >= 4 is 17.3 Å². The number of aryl methyl sites for hydroxylation is 2. The number of ether oxygens (including phenoxy) is 1. The fourth-order valence-electron chi connectivity index (χ4n) is 3.48. The highest BCUT2D eigenvalue weighted by Gasteiger charge is 2.36. The molecule has 1 aliphatic rings. The maximum absolute atomic E-state index is 14.6. The lowest BCUT2D eigenvalue weighted by Gasteiger charge is -2.18. The highest BCUT2D eigenvalue weighted by atomic mass is 35.5. The van der Waals surface area contributed by atoms with Crippen LogP contribution in [-0.4, -0.2) is 55.3 Å². The molecule has 4 heterocycles. The Kier molecular flexibility index (Phi) is 4.95. The first-order valence-electron chi connectivity index (χ1n) is 8.96. The number of H-pyrrole nitrogens is 1. The lowest BCUT2D eigenvalue weighted by Crippen LogP contribution is -2.28. The van der Waals surface area contributed by atoms with Crippen LogP contribution < -0.4 is 15.2 Å². The first-order valence-corrected chi connectivity index (χ1v) is 9.34. The molecule has 0 radical (unpaired) electrons. The number of anilines is 1. The van der Waals surface area contributed by atoms with Gasteiger partial charge >= 0.3 is 0 Å². The van der Waals surface area contributed by atoms with Gasteiger partial charge in [-0.2, -0.15) is 10.2 Å². The minimum Gasteiger partial charge on any atom is -0.469 e. The van der Waals surface area contributed by atoms with E-state index in [-0.39, 0.29) is 24.0 Å². The van der Waals surface area contributed by atoms with Gasteiger partial charge in [-0.05, 0) is 13.8 Å². The smallest absolute Gasteiger partial charge is 0.285 e. The zero-order chi connectivity index (χ0) is 20.7. The Hall–Kier alpha value is -3.01. The van der Waals surface area contributed by atoms with Gasteiger partial charge in [0.1, 0.15) is 11.3 Å². The third-order valence-electron chi connectivity index (χ3n) is 5.00. The molecule has 0 unspecified atom stereocenters. The second kappa shape index (κ2) is 7.43. The molecule has 152 valence electrons. The minimum atomic E-state index is -1.29. The molecule has 11 heteroatoms. The molecule has 1 aliphatic heterocycles. The number of nitrogens with one attached hydrogen (secondary N) is 1. The second-order valence-electron chi connectivity index (χ2n) is 6.89. The van der Waals surface area contributed by atoms with Crippen LogP contribution in [0.15, 0.2) is 23.4 Å². The molecule has 4 rings (SSSR count). The van der Waals surface area contributed by atoms with Gasteiger partial charge in [-0.25, -0.2) is 19.5 Å². The molecule has 3 aromatic heterocycles. The molecule has 0 aromatic carbocycles. The summed E-state index contributed by atoms with van der Waals surface area (Å²) in [7, 11) is 1.86. The third kappa shape index (κ3) is 3.55. The van der Waals surface area contributed by atoms with E-state index in [0.29, 0.717) is 11.4 Å². The normalized spacial score (nSPS) is 19.0. The van der Waals surface area contributed by atoms with Crippen LogP contribution in [0.25, 0.3) is 11.3 Å². The summed E-state index contributed by atoms with van der Waals surface area (Å²) in [6, 6.07) is 1.67. The quantitative estimate of drug-likeness (QED) is 0.688. The van der Waals surface area contributed by atoms with Crippen LogP contribution in [0.3, 0.4) is 0 Å². The number of hydrogen-bond acceptors (Lipinski definition) is 7. The Morgan fingerprint density at radius 1 is 1.31 bits per heavy atom. The van der Waals surface area contributed by atoms with Crippen molar-refractivity contribution in [1.29, 1.82) is 0 Å². The van der Waals surface area contributed by atoms with Crippen LogP contribution >= 0.6 is 11.6 Å². The van der Waals surface area contributed by atoms with Crippen molar-refractivity contribution in [2.45, 2.75) is 26.1 Å². The number of nitrogens with zero attached hydrogens (tertiary/aromatic N) is 6. The van der Waals surface area contributed by atoms with Gasteiger partial charge in [-0.15, -0.1) is 0 Å². The van der Waals surface area contributed by atoms with E-state index in [2.05, 4.69) is 25.3 Å². The van der Waals surface area contributed by atoms with Crippen molar-refractivity contribution in [2.75, 3.05) is 18.0 Å². The lowest BCUT2D eigenvalue weighted by atomic mass is 10.1. The van der Waals surface area contributed by atoms with E-state index in [1.807, 2.05) is 20.9 Å². The molecule has 0 spiro atoms. The maximum Gasteiger partial charge on any atom is 0.285 e. The van der Waals surface area contributed by atoms with Gasteiger partial charge in [0.2, 0.25) is 5.88 Å². The van der Waals surface area contributed by atoms with Crippen molar-refractivity contribution < 1.29 is 9.13 Å². The minimum absolute atomic E-state index is 0.0281. The third-order valence-corrected chi connectivity index (χ3v) is 5.36. The molecule has 9 nitrogen and oxygen atoms in total. The van der Waals surface area contributed by atoms with E-state index in [4.69, 9.17) is 16.3 Å². The molecule has 3 aromatic rings. The second-order valence-corrected chi connectivity index (χ2v) is 7.26. The molecular weight excluding hydrogens is 401 g/mol. The Balaban J connectivity index is 1.55. The summed E-state index contributed by atoms with van der Waals surface area (Å²) in [6.45, 7) is 4.09. The Labute approximate surface area is 170 Å². The van der Waals surface area contributed by atoms with Crippen molar-refractivity contribution in [3.63, 3.8) is 0 Å². The molecule has 1 N–H and O–H groups in total. The summed E-state index contributed by atoms with van der Waals surface area (Å²) in [5, 5.41) is 10.3. The largest absolute Gasteiger partial charge is 0.469 e. The van der Waals surface area contributed by atoms with E-state index >= 15 is 0 Å². The van der Waals surface area contributed by atoms with Gasteiger partial charge < -0.3 is 9.64 Å². The van der Waals surface area contributed by atoms with Crippen molar-refractivity contribution in [3.05, 3.63) is 45.4 Å². The van der Waals surface area contributed by atoms with Gasteiger partial charge in [0, 0.05) is 24.4 Å². The molecule has 2 atom stereocenters. The van der Waals surface area contributed by atoms with Crippen molar-refractivity contribution in [3.8, 4) is 17.1 Å². The molecular formula is C18H19ClFN7O2. The number of aromatic amines is 1. The summed E-state index contributed by atoms with van der Waals surface area (Å²) >= 11 is 6.03. The Bertz CT molecular complexity index is 1120. The van der Waals surface area contributed by atoms with E-state index in [1.54, 1.807) is 15.6 Å². The predicted octanol–water partition coefficient (Wildman–Crippen LogP) is 1.84. The van der Waals surface area contributed by atoms with Gasteiger partial charge in [-0.1, -0.05) is 11.6 Å². The van der Waals surface area contributed by atoms with Crippen LogP contribution in [0, 0.1) is 13.8 Å². The van der Waals surface area contributed by atoms with Gasteiger partial charge in [-0.3, -0.25) is 9.48 Å². The monoisotopic (exact) mass is 419 g/mol. The summed E-state index contributed by atoms with van der Waals surface area (Å²) in [6.07, 6.45) is 0.721. The summed E-state index contributed by atoms with van der Waals surface area (Å²) in [5.74, 6) is 0.266. The molecule has 0 saturated carbocycles. The molecule has 0 amide bonds. The van der Waals surface area contributed by atoms with Crippen LogP contribution in [0.1, 0.15) is 11.4 Å². The first kappa shape index (κ1) is 19.3. The molecule has 0 aliphatic carbocycles. The zero-order valence-corrected chi connectivity index (χ0v) is 16.8. The topological polar surface area (TPSA) is 102 Å². The highest BCUT2D eigenvalue weighted by Crippen LogP contribution is 2.30. The van der Waals surface area contributed by atoms with E-state index < -0.39 is 17.8 Å². The number of alkyl halides is 1. The number of hydrogen-bond donors (Lipinski definition) is 1. The highest BCUT2D eigenvalue weighted by molar-refractivity contribution is 6.33. The van der Waals surface area contributed by atoms with Crippen molar-refractivity contribution in [2.24, 2.45) is 7.05 Å². The van der Waals surface area contributed by atoms with E-state index in [0.717, 1.165) is 17.0 Å². The average Bonchev–Trinajstić information content (AvgIpc) is 3.16. The average molecular weight is 420 g/mol. The molecule has 1 saturated heterocycles. The fourth-order valence-corrected chi connectivity index (χ4v) is 3.69. The summed E-state index contributed by atoms with van der Waals surface area (Å²) < 4.78 is 22.2. The van der Waals surface area contributed by atoms with Crippen LogP contribution in [-0.2, 0) is 7.05 Å². The standard InChI is InChI=1S/C18H19ClFN7O2/c1-9-16(10(2)26(3)25-9)12-4-15(22-8-21-12)29-14-7-27(6-11(14)20)13-5-23-24-18(28)17(13)19/h4-5,8,11,14H,6-7H2,1-3H3,(H,24,28)/t11-,14-/m0/s1. The number of halogens is 2. The maximum atomic E-state index is 14.6. The van der Waals surface area contributed by atoms with Crippen LogP contribution in [0.4, 0.5) is 10.1 Å².